The molecule has 6 heteroatoms. The molecular formula is C20H21N3OS2. The van der Waals surface area contributed by atoms with E-state index < -0.39 is 0 Å². The Balaban J connectivity index is 1.84. The molecule has 0 radical (unpaired) electrons. The third kappa shape index (κ3) is 4.14. The van der Waals surface area contributed by atoms with Crippen LogP contribution in [0.25, 0.3) is 6.08 Å². The van der Waals surface area contributed by atoms with Crippen molar-refractivity contribution in [2.45, 2.75) is 4.90 Å². The van der Waals surface area contributed by atoms with Gasteiger partial charge in [0, 0.05) is 31.7 Å². The molecule has 2 aromatic carbocycles. The number of anilines is 1. The van der Waals surface area contributed by atoms with Crippen molar-refractivity contribution in [3.8, 4) is 0 Å². The van der Waals surface area contributed by atoms with Crippen LogP contribution in [0.1, 0.15) is 5.56 Å². The lowest BCUT2D eigenvalue weighted by atomic mass is 10.2. The summed E-state index contributed by atoms with van der Waals surface area (Å²) in [5.74, 6) is -0.0218. The second-order valence-electron chi connectivity index (χ2n) is 6.06. The predicted molar refractivity (Wildman–Crippen MR) is 114 cm³/mol. The standard InChI is InChI=1S/C20H21N3OS2/c1-22(2)16-10-8-14(9-11-16)12-18-19(24)23(3)20(26-18)21-15-6-5-7-17(13-15)25-4/h5-13H,1-4H3/b18-12+,21-20?. The number of carbonyl (C=O) groups is 1. The lowest BCUT2D eigenvalue weighted by Gasteiger charge is -2.11. The number of carbonyl (C=O) groups excluding carboxylic acids is 1. The molecule has 1 heterocycles. The van der Waals surface area contributed by atoms with Gasteiger partial charge >= 0.3 is 0 Å². The average molecular weight is 384 g/mol. The minimum atomic E-state index is -0.0218. The minimum Gasteiger partial charge on any atom is -0.378 e. The van der Waals surface area contributed by atoms with Gasteiger partial charge in [0.2, 0.25) is 0 Å². The van der Waals surface area contributed by atoms with Gasteiger partial charge in [0.1, 0.15) is 0 Å². The fraction of sp³-hybridized carbons (Fsp3) is 0.200. The van der Waals surface area contributed by atoms with Crippen LogP contribution in [0.2, 0.25) is 0 Å². The molecule has 1 fully saturated rings. The van der Waals surface area contributed by atoms with Gasteiger partial charge in [-0.15, -0.1) is 11.8 Å². The van der Waals surface area contributed by atoms with E-state index >= 15 is 0 Å². The highest BCUT2D eigenvalue weighted by Crippen LogP contribution is 2.33. The highest BCUT2D eigenvalue weighted by Gasteiger charge is 2.30. The van der Waals surface area contributed by atoms with E-state index in [0.717, 1.165) is 21.8 Å². The van der Waals surface area contributed by atoms with E-state index in [9.17, 15) is 4.79 Å². The minimum absolute atomic E-state index is 0.0218. The molecule has 0 atom stereocenters. The van der Waals surface area contributed by atoms with Crippen LogP contribution in [0.3, 0.4) is 0 Å². The summed E-state index contributed by atoms with van der Waals surface area (Å²) in [6.07, 6.45) is 3.96. The Kier molecular flexibility index (Phi) is 5.74. The molecule has 1 amide bonds. The number of hydrogen-bond acceptors (Lipinski definition) is 5. The molecule has 1 aliphatic rings. The third-order valence-electron chi connectivity index (χ3n) is 3.99. The number of amides is 1. The first kappa shape index (κ1) is 18.6. The van der Waals surface area contributed by atoms with Gasteiger partial charge in [-0.05, 0) is 60.0 Å². The van der Waals surface area contributed by atoms with Crippen LogP contribution in [0.5, 0.6) is 0 Å². The van der Waals surface area contributed by atoms with Gasteiger partial charge in [0.15, 0.2) is 5.17 Å². The zero-order valence-corrected chi connectivity index (χ0v) is 16.9. The Morgan fingerprint density at radius 1 is 1.15 bits per heavy atom. The molecule has 0 N–H and O–H groups in total. The number of likely N-dealkylation sites (N-methyl/N-ethyl adjacent to an activating group) is 1. The van der Waals surface area contributed by atoms with E-state index in [4.69, 9.17) is 0 Å². The maximum atomic E-state index is 12.6. The van der Waals surface area contributed by atoms with Crippen molar-refractivity contribution in [3.05, 3.63) is 59.0 Å². The van der Waals surface area contributed by atoms with Crippen LogP contribution in [-0.4, -0.2) is 43.4 Å². The van der Waals surface area contributed by atoms with Crippen molar-refractivity contribution >= 4 is 52.0 Å². The molecule has 0 saturated carbocycles. The van der Waals surface area contributed by atoms with Crippen molar-refractivity contribution in [2.75, 3.05) is 32.3 Å². The Bertz CT molecular complexity index is 873. The number of benzene rings is 2. The molecule has 0 aliphatic carbocycles. The summed E-state index contributed by atoms with van der Waals surface area (Å²) in [4.78, 5) is 22.7. The fourth-order valence-corrected chi connectivity index (χ4v) is 3.90. The largest absolute Gasteiger partial charge is 0.378 e. The lowest BCUT2D eigenvalue weighted by molar-refractivity contribution is -0.121. The van der Waals surface area contributed by atoms with Crippen LogP contribution in [0.4, 0.5) is 11.4 Å². The summed E-state index contributed by atoms with van der Waals surface area (Å²) in [5.41, 5.74) is 2.99. The van der Waals surface area contributed by atoms with Gasteiger partial charge in [-0.3, -0.25) is 9.69 Å². The van der Waals surface area contributed by atoms with Crippen molar-refractivity contribution in [1.29, 1.82) is 0 Å². The molecule has 2 aromatic rings. The highest BCUT2D eigenvalue weighted by molar-refractivity contribution is 8.18. The number of amidine groups is 1. The second kappa shape index (κ2) is 8.01. The highest BCUT2D eigenvalue weighted by atomic mass is 32.2. The molecule has 3 rings (SSSR count). The maximum Gasteiger partial charge on any atom is 0.266 e. The van der Waals surface area contributed by atoms with Gasteiger partial charge in [0.05, 0.1) is 10.6 Å². The van der Waals surface area contributed by atoms with E-state index in [1.54, 1.807) is 23.7 Å². The number of hydrogen-bond donors (Lipinski definition) is 0. The van der Waals surface area contributed by atoms with E-state index in [2.05, 4.69) is 4.99 Å². The van der Waals surface area contributed by atoms with Gasteiger partial charge in [0.25, 0.3) is 5.91 Å². The van der Waals surface area contributed by atoms with Crippen molar-refractivity contribution in [2.24, 2.45) is 4.99 Å². The predicted octanol–water partition coefficient (Wildman–Crippen LogP) is 4.71. The van der Waals surface area contributed by atoms with E-state index in [1.807, 2.05) is 79.9 Å². The van der Waals surface area contributed by atoms with Crippen LogP contribution >= 0.6 is 23.5 Å². The van der Waals surface area contributed by atoms with Crippen LogP contribution in [-0.2, 0) is 4.79 Å². The van der Waals surface area contributed by atoms with Crippen molar-refractivity contribution < 1.29 is 4.79 Å². The Labute approximate surface area is 163 Å². The van der Waals surface area contributed by atoms with Gasteiger partial charge in [-0.25, -0.2) is 4.99 Å². The monoisotopic (exact) mass is 383 g/mol. The van der Waals surface area contributed by atoms with E-state index in [-0.39, 0.29) is 5.91 Å². The van der Waals surface area contributed by atoms with Crippen LogP contribution in [0, 0.1) is 0 Å². The Hall–Kier alpha value is -2.18. The smallest absolute Gasteiger partial charge is 0.266 e. The first-order chi connectivity index (χ1) is 12.5. The zero-order chi connectivity index (χ0) is 18.7. The van der Waals surface area contributed by atoms with E-state index in [0.29, 0.717) is 10.1 Å². The number of nitrogens with zero attached hydrogens (tertiary/aromatic N) is 3. The quantitative estimate of drug-likeness (QED) is 0.566. The summed E-state index contributed by atoms with van der Waals surface area (Å²) < 4.78 is 0. The van der Waals surface area contributed by atoms with Gasteiger partial charge in [-0.1, -0.05) is 18.2 Å². The van der Waals surface area contributed by atoms with Gasteiger partial charge < -0.3 is 4.90 Å². The first-order valence-electron chi connectivity index (χ1n) is 8.15. The zero-order valence-electron chi connectivity index (χ0n) is 15.3. The first-order valence-corrected chi connectivity index (χ1v) is 10.2. The molecule has 1 saturated heterocycles. The molecule has 0 unspecified atom stereocenters. The SMILES string of the molecule is CSc1cccc(N=C2S/C(=C/c3ccc(N(C)C)cc3)C(=O)N2C)c1. The van der Waals surface area contributed by atoms with E-state index in [1.165, 1.54) is 11.8 Å². The Morgan fingerprint density at radius 2 is 1.88 bits per heavy atom. The summed E-state index contributed by atoms with van der Waals surface area (Å²) >= 11 is 3.09. The van der Waals surface area contributed by atoms with Crippen LogP contribution < -0.4 is 4.90 Å². The molecule has 26 heavy (non-hydrogen) atoms. The van der Waals surface area contributed by atoms with Crippen molar-refractivity contribution in [3.63, 3.8) is 0 Å². The molecule has 0 bridgehead atoms. The Morgan fingerprint density at radius 3 is 2.54 bits per heavy atom. The summed E-state index contributed by atoms with van der Waals surface area (Å²) in [5, 5.41) is 0.699. The normalized spacial score (nSPS) is 17.4. The maximum absolute atomic E-state index is 12.6. The summed E-state index contributed by atoms with van der Waals surface area (Å²) in [6.45, 7) is 0. The lowest BCUT2D eigenvalue weighted by Crippen LogP contribution is -2.23. The number of aliphatic imine (C=N–C) groups is 1. The summed E-state index contributed by atoms with van der Waals surface area (Å²) in [7, 11) is 5.78. The third-order valence-corrected chi connectivity index (χ3v) is 5.77. The van der Waals surface area contributed by atoms with Crippen molar-refractivity contribution in [1.82, 2.24) is 4.90 Å². The molecule has 0 spiro atoms. The molecule has 134 valence electrons. The molecule has 1 aliphatic heterocycles. The molecule has 4 nitrogen and oxygen atoms in total. The second-order valence-corrected chi connectivity index (χ2v) is 7.95. The topological polar surface area (TPSA) is 35.9 Å². The number of rotatable bonds is 4. The van der Waals surface area contributed by atoms with Gasteiger partial charge in [-0.2, -0.15) is 0 Å². The fourth-order valence-electron chi connectivity index (χ4n) is 2.46. The average Bonchev–Trinajstić information content (AvgIpc) is 2.90. The molecule has 0 aromatic heterocycles. The number of thioether (sulfide) groups is 2. The molecular weight excluding hydrogens is 362 g/mol. The van der Waals surface area contributed by atoms with Crippen LogP contribution in [0.15, 0.2) is 63.3 Å². The summed E-state index contributed by atoms with van der Waals surface area (Å²) in [6, 6.07) is 16.1.